The zero-order chi connectivity index (χ0) is 11.7. The number of anilines is 1. The number of fused-ring (bicyclic) bond motifs is 1. The average molecular weight is 231 g/mol. The van der Waals surface area contributed by atoms with E-state index in [0.717, 1.165) is 24.0 Å². The summed E-state index contributed by atoms with van der Waals surface area (Å²) in [4.78, 5) is 8.43. The third-order valence-electron chi connectivity index (χ3n) is 3.46. The van der Waals surface area contributed by atoms with Crippen molar-refractivity contribution in [1.82, 2.24) is 19.6 Å². The number of hydrogen-bond acceptors (Lipinski definition) is 4. The van der Waals surface area contributed by atoms with Gasteiger partial charge in [-0.05, 0) is 19.3 Å². The zero-order valence-corrected chi connectivity index (χ0v) is 10.1. The van der Waals surface area contributed by atoms with Gasteiger partial charge in [0.1, 0.15) is 12.1 Å². The van der Waals surface area contributed by atoms with Crippen LogP contribution < -0.4 is 5.32 Å². The van der Waals surface area contributed by atoms with Crippen LogP contribution in [0.2, 0.25) is 0 Å². The number of nitrogens with one attached hydrogen (secondary N) is 1. The Bertz CT molecular complexity index is 515. The molecule has 2 aromatic rings. The molecule has 0 spiro atoms. The minimum atomic E-state index is 0.663. The highest BCUT2D eigenvalue weighted by molar-refractivity contribution is 5.44. The molecule has 0 atom stereocenters. The maximum absolute atomic E-state index is 4.32. The van der Waals surface area contributed by atoms with Gasteiger partial charge in [0, 0.05) is 18.3 Å². The van der Waals surface area contributed by atoms with E-state index in [4.69, 9.17) is 0 Å². The van der Waals surface area contributed by atoms with Gasteiger partial charge in [0.25, 0.3) is 5.78 Å². The SMILES string of the molecule is Cc1cc(NCCC2CCC2)n2ncnc2n1. The Balaban J connectivity index is 1.72. The van der Waals surface area contributed by atoms with E-state index >= 15 is 0 Å². The lowest BCUT2D eigenvalue weighted by Crippen LogP contribution is -2.16. The Morgan fingerprint density at radius 3 is 3.12 bits per heavy atom. The third-order valence-corrected chi connectivity index (χ3v) is 3.46. The van der Waals surface area contributed by atoms with E-state index in [1.54, 1.807) is 10.8 Å². The average Bonchev–Trinajstić information content (AvgIpc) is 2.69. The summed E-state index contributed by atoms with van der Waals surface area (Å²) in [6.45, 7) is 2.98. The molecule has 1 aliphatic carbocycles. The standard InChI is InChI=1S/C12H17N5/c1-9-7-11(13-6-5-10-3-2-4-10)17-12(16-9)14-8-15-17/h7-8,10,13H,2-6H2,1H3. The second-order valence-corrected chi connectivity index (χ2v) is 4.77. The van der Waals surface area contributed by atoms with Crippen LogP contribution in [0.1, 0.15) is 31.4 Å². The van der Waals surface area contributed by atoms with Crippen LogP contribution in [0.25, 0.3) is 5.78 Å². The predicted octanol–water partition coefficient (Wildman–Crippen LogP) is 2.03. The van der Waals surface area contributed by atoms with Crippen molar-refractivity contribution in [3.63, 3.8) is 0 Å². The molecule has 0 unspecified atom stereocenters. The van der Waals surface area contributed by atoms with Crippen LogP contribution in [0.5, 0.6) is 0 Å². The lowest BCUT2D eigenvalue weighted by molar-refractivity contribution is 0.303. The first kappa shape index (κ1) is 10.5. The summed E-state index contributed by atoms with van der Waals surface area (Å²) < 4.78 is 1.76. The van der Waals surface area contributed by atoms with Gasteiger partial charge in [0.15, 0.2) is 0 Å². The van der Waals surface area contributed by atoms with Gasteiger partial charge >= 0.3 is 0 Å². The Morgan fingerprint density at radius 1 is 1.47 bits per heavy atom. The number of hydrogen-bond donors (Lipinski definition) is 1. The first-order chi connectivity index (χ1) is 8.33. The molecule has 0 aliphatic heterocycles. The number of rotatable bonds is 4. The Labute approximate surface area is 100 Å². The summed E-state index contributed by atoms with van der Waals surface area (Å²) in [6, 6.07) is 2.02. The molecule has 90 valence electrons. The van der Waals surface area contributed by atoms with Crippen molar-refractivity contribution in [3.8, 4) is 0 Å². The van der Waals surface area contributed by atoms with E-state index in [0.29, 0.717) is 5.78 Å². The highest BCUT2D eigenvalue weighted by Crippen LogP contribution is 2.29. The molecule has 5 heteroatoms. The smallest absolute Gasteiger partial charge is 0.254 e. The fourth-order valence-electron chi connectivity index (χ4n) is 2.24. The first-order valence-electron chi connectivity index (χ1n) is 6.24. The molecule has 2 heterocycles. The van der Waals surface area contributed by atoms with E-state index in [9.17, 15) is 0 Å². The van der Waals surface area contributed by atoms with Crippen molar-refractivity contribution < 1.29 is 0 Å². The third kappa shape index (κ3) is 2.09. The van der Waals surface area contributed by atoms with Gasteiger partial charge in [0.05, 0.1) is 0 Å². The van der Waals surface area contributed by atoms with Gasteiger partial charge in [-0.2, -0.15) is 14.6 Å². The monoisotopic (exact) mass is 231 g/mol. The van der Waals surface area contributed by atoms with Crippen molar-refractivity contribution in [2.24, 2.45) is 5.92 Å². The maximum atomic E-state index is 4.32. The second kappa shape index (κ2) is 4.31. The molecule has 1 aliphatic rings. The molecule has 0 radical (unpaired) electrons. The maximum Gasteiger partial charge on any atom is 0.254 e. The molecule has 3 rings (SSSR count). The molecule has 1 fully saturated rings. The molecule has 17 heavy (non-hydrogen) atoms. The van der Waals surface area contributed by atoms with Crippen LogP contribution in [0.3, 0.4) is 0 Å². The fourth-order valence-corrected chi connectivity index (χ4v) is 2.24. The predicted molar refractivity (Wildman–Crippen MR) is 66.0 cm³/mol. The van der Waals surface area contributed by atoms with Gasteiger partial charge in [-0.25, -0.2) is 4.98 Å². The van der Waals surface area contributed by atoms with E-state index in [1.807, 2.05) is 13.0 Å². The molecule has 1 N–H and O–H groups in total. The molecule has 0 aromatic carbocycles. The summed E-state index contributed by atoms with van der Waals surface area (Å²) in [5.74, 6) is 2.58. The van der Waals surface area contributed by atoms with Crippen molar-refractivity contribution in [1.29, 1.82) is 0 Å². The molecule has 2 aromatic heterocycles. The van der Waals surface area contributed by atoms with Crippen molar-refractivity contribution in [2.45, 2.75) is 32.6 Å². The van der Waals surface area contributed by atoms with Crippen LogP contribution in [-0.2, 0) is 0 Å². The molecular formula is C12H17N5. The largest absolute Gasteiger partial charge is 0.370 e. The van der Waals surface area contributed by atoms with E-state index in [1.165, 1.54) is 25.7 Å². The molecular weight excluding hydrogens is 214 g/mol. The second-order valence-electron chi connectivity index (χ2n) is 4.77. The molecule has 1 saturated carbocycles. The number of aryl methyl sites for hydroxylation is 1. The summed E-state index contributed by atoms with van der Waals surface area (Å²) >= 11 is 0. The number of nitrogens with zero attached hydrogens (tertiary/aromatic N) is 4. The normalized spacial score (nSPS) is 16.1. The van der Waals surface area contributed by atoms with Gasteiger partial charge in [-0.3, -0.25) is 0 Å². The van der Waals surface area contributed by atoms with Crippen LogP contribution in [-0.4, -0.2) is 26.1 Å². The van der Waals surface area contributed by atoms with E-state index in [-0.39, 0.29) is 0 Å². The van der Waals surface area contributed by atoms with Crippen LogP contribution >= 0.6 is 0 Å². The molecule has 0 saturated heterocycles. The van der Waals surface area contributed by atoms with Gasteiger partial charge < -0.3 is 5.32 Å². The molecule has 5 nitrogen and oxygen atoms in total. The van der Waals surface area contributed by atoms with Crippen LogP contribution in [0, 0.1) is 12.8 Å². The summed E-state index contributed by atoms with van der Waals surface area (Å²) in [5, 5.41) is 7.61. The van der Waals surface area contributed by atoms with Crippen LogP contribution in [0.4, 0.5) is 5.82 Å². The minimum absolute atomic E-state index is 0.663. The quantitative estimate of drug-likeness (QED) is 0.874. The van der Waals surface area contributed by atoms with E-state index in [2.05, 4.69) is 20.4 Å². The molecule has 0 bridgehead atoms. The Kier molecular flexibility index (Phi) is 2.66. The van der Waals surface area contributed by atoms with Gasteiger partial charge in [-0.1, -0.05) is 19.3 Å². The topological polar surface area (TPSA) is 55.1 Å². The zero-order valence-electron chi connectivity index (χ0n) is 10.1. The summed E-state index contributed by atoms with van der Waals surface area (Å²) in [6.07, 6.45) is 6.99. The van der Waals surface area contributed by atoms with E-state index < -0.39 is 0 Å². The summed E-state index contributed by atoms with van der Waals surface area (Å²) in [5.41, 5.74) is 0.969. The highest BCUT2D eigenvalue weighted by Gasteiger charge is 2.16. The highest BCUT2D eigenvalue weighted by atomic mass is 15.3. The Hall–Kier alpha value is -1.65. The first-order valence-corrected chi connectivity index (χ1v) is 6.24. The van der Waals surface area contributed by atoms with Crippen molar-refractivity contribution >= 4 is 11.6 Å². The van der Waals surface area contributed by atoms with Crippen LogP contribution in [0.15, 0.2) is 12.4 Å². The number of aromatic nitrogens is 4. The van der Waals surface area contributed by atoms with Crippen molar-refractivity contribution in [2.75, 3.05) is 11.9 Å². The lowest BCUT2D eigenvalue weighted by Gasteiger charge is -2.25. The van der Waals surface area contributed by atoms with Gasteiger partial charge in [-0.15, -0.1) is 0 Å². The lowest BCUT2D eigenvalue weighted by atomic mass is 9.83. The Morgan fingerprint density at radius 2 is 2.35 bits per heavy atom. The summed E-state index contributed by atoms with van der Waals surface area (Å²) in [7, 11) is 0. The van der Waals surface area contributed by atoms with Crippen molar-refractivity contribution in [3.05, 3.63) is 18.1 Å². The fraction of sp³-hybridized carbons (Fsp3) is 0.583. The molecule has 0 amide bonds. The minimum Gasteiger partial charge on any atom is -0.370 e. The van der Waals surface area contributed by atoms with Gasteiger partial charge in [0.2, 0.25) is 0 Å².